The summed E-state index contributed by atoms with van der Waals surface area (Å²) in [6.45, 7) is 0. The number of hydrogen-bond donors (Lipinski definition) is 0. The van der Waals surface area contributed by atoms with Gasteiger partial charge in [-0.1, -0.05) is 42.5 Å². The second-order valence-electron chi connectivity index (χ2n) is 4.32. The highest BCUT2D eigenvalue weighted by Crippen LogP contribution is 2.32. The molecular weight excluding hydrogens is 234 g/mol. The molecule has 3 rings (SSSR count). The smallest absolute Gasteiger partial charge is 0.117 e. The lowest BCUT2D eigenvalue weighted by atomic mass is 10.0. The number of benzene rings is 2. The van der Waals surface area contributed by atoms with Gasteiger partial charge < -0.3 is 0 Å². The Balaban J connectivity index is 1.92. The van der Waals surface area contributed by atoms with Crippen LogP contribution in [0.2, 0.25) is 0 Å². The van der Waals surface area contributed by atoms with Crippen LogP contribution in [0, 0.1) is 11.3 Å². The molecule has 90 valence electrons. The molecule has 2 aromatic rings. The van der Waals surface area contributed by atoms with Crippen LogP contribution in [0.1, 0.15) is 22.7 Å². The lowest BCUT2D eigenvalue weighted by Gasteiger charge is -2.01. The zero-order valence-corrected chi connectivity index (χ0v) is 10.2. The first-order valence-corrected chi connectivity index (χ1v) is 6.05. The van der Waals surface area contributed by atoms with E-state index in [4.69, 9.17) is 5.26 Å². The molecule has 0 saturated heterocycles. The molecule has 2 aromatic carbocycles. The molecule has 0 spiro atoms. The Morgan fingerprint density at radius 1 is 1.00 bits per heavy atom. The van der Waals surface area contributed by atoms with E-state index in [0.29, 0.717) is 5.56 Å². The van der Waals surface area contributed by atoms with Crippen LogP contribution in [0.3, 0.4) is 0 Å². The summed E-state index contributed by atoms with van der Waals surface area (Å²) in [6.07, 6.45) is 2.02. The fraction of sp³-hybridized carbons (Fsp3) is 0.0625. The third kappa shape index (κ3) is 2.29. The van der Waals surface area contributed by atoms with Crippen molar-refractivity contribution >= 4 is 5.70 Å². The molecule has 0 bridgehead atoms. The van der Waals surface area contributed by atoms with Crippen LogP contribution in [0.5, 0.6) is 0 Å². The maximum Gasteiger partial charge on any atom is 0.117 e. The highest BCUT2D eigenvalue weighted by Gasteiger charge is 2.15. The Morgan fingerprint density at radius 2 is 1.84 bits per heavy atom. The van der Waals surface area contributed by atoms with E-state index >= 15 is 0 Å². The molecule has 1 aliphatic rings. The van der Waals surface area contributed by atoms with Crippen molar-refractivity contribution in [3.63, 3.8) is 0 Å². The predicted octanol–water partition coefficient (Wildman–Crippen LogP) is 4.11. The fourth-order valence-electron chi connectivity index (χ4n) is 2.06. The molecule has 0 aromatic heterocycles. The van der Waals surface area contributed by atoms with Gasteiger partial charge in [-0.15, -0.1) is 0 Å². The average Bonchev–Trinajstić information content (AvgIpc) is 2.98. The standard InChI is InChI=1S/C16H11N3/c17-11-12-5-4-8-14(9-12)16-10-15(18-19-16)13-6-2-1-3-7-13/h1-10,15H. The molecule has 1 heterocycles. The topological polar surface area (TPSA) is 48.5 Å². The zero-order chi connectivity index (χ0) is 13.1. The molecule has 0 amide bonds. The van der Waals surface area contributed by atoms with Crippen LogP contribution >= 0.6 is 0 Å². The predicted molar refractivity (Wildman–Crippen MR) is 73.2 cm³/mol. The molecule has 0 saturated carbocycles. The molecule has 0 N–H and O–H groups in total. The molecule has 0 radical (unpaired) electrons. The van der Waals surface area contributed by atoms with Gasteiger partial charge in [-0.05, 0) is 23.8 Å². The van der Waals surface area contributed by atoms with Crippen LogP contribution in [-0.2, 0) is 0 Å². The number of nitrogens with zero attached hydrogens (tertiary/aromatic N) is 3. The van der Waals surface area contributed by atoms with Crippen LogP contribution in [0.25, 0.3) is 5.70 Å². The number of azo groups is 1. The molecule has 1 aliphatic heterocycles. The maximum atomic E-state index is 8.91. The molecule has 19 heavy (non-hydrogen) atoms. The van der Waals surface area contributed by atoms with Gasteiger partial charge in [0, 0.05) is 5.56 Å². The number of rotatable bonds is 2. The van der Waals surface area contributed by atoms with Gasteiger partial charge in [-0.2, -0.15) is 15.5 Å². The first-order chi connectivity index (χ1) is 9.36. The second-order valence-corrected chi connectivity index (χ2v) is 4.32. The van der Waals surface area contributed by atoms with Crippen molar-refractivity contribution in [2.45, 2.75) is 6.04 Å². The van der Waals surface area contributed by atoms with E-state index < -0.39 is 0 Å². The molecule has 1 unspecified atom stereocenters. The van der Waals surface area contributed by atoms with E-state index in [1.54, 1.807) is 6.07 Å². The molecule has 0 fully saturated rings. The summed E-state index contributed by atoms with van der Waals surface area (Å²) in [7, 11) is 0. The van der Waals surface area contributed by atoms with Crippen molar-refractivity contribution in [1.29, 1.82) is 5.26 Å². The fourth-order valence-corrected chi connectivity index (χ4v) is 2.06. The van der Waals surface area contributed by atoms with Crippen molar-refractivity contribution < 1.29 is 0 Å². The minimum absolute atomic E-state index is 0.0260. The van der Waals surface area contributed by atoms with Gasteiger partial charge in [-0.25, -0.2) is 0 Å². The molecule has 3 heteroatoms. The summed E-state index contributed by atoms with van der Waals surface area (Å²) >= 11 is 0. The highest BCUT2D eigenvalue weighted by molar-refractivity contribution is 5.67. The van der Waals surface area contributed by atoms with Gasteiger partial charge in [0.1, 0.15) is 6.04 Å². The average molecular weight is 245 g/mol. The third-order valence-corrected chi connectivity index (χ3v) is 3.03. The first-order valence-electron chi connectivity index (χ1n) is 6.05. The summed E-state index contributed by atoms with van der Waals surface area (Å²) in [4.78, 5) is 0. The van der Waals surface area contributed by atoms with E-state index in [2.05, 4.69) is 16.3 Å². The van der Waals surface area contributed by atoms with Crippen molar-refractivity contribution in [1.82, 2.24) is 0 Å². The van der Waals surface area contributed by atoms with Crippen molar-refractivity contribution in [3.8, 4) is 6.07 Å². The van der Waals surface area contributed by atoms with E-state index in [1.807, 2.05) is 54.6 Å². The van der Waals surface area contributed by atoms with Gasteiger partial charge in [0.25, 0.3) is 0 Å². The van der Waals surface area contributed by atoms with E-state index in [0.717, 1.165) is 16.8 Å². The Bertz CT molecular complexity index is 693. The van der Waals surface area contributed by atoms with Gasteiger partial charge in [0.05, 0.1) is 17.3 Å². The van der Waals surface area contributed by atoms with Crippen LogP contribution < -0.4 is 0 Å². The van der Waals surface area contributed by atoms with Gasteiger partial charge >= 0.3 is 0 Å². The summed E-state index contributed by atoms with van der Waals surface area (Å²) < 4.78 is 0. The van der Waals surface area contributed by atoms with Crippen molar-refractivity contribution in [2.24, 2.45) is 10.2 Å². The van der Waals surface area contributed by atoms with Gasteiger partial charge in [0.2, 0.25) is 0 Å². The number of hydrogen-bond acceptors (Lipinski definition) is 3. The molecule has 0 aliphatic carbocycles. The highest BCUT2D eigenvalue weighted by atomic mass is 15.2. The Hall–Kier alpha value is -2.73. The summed E-state index contributed by atoms with van der Waals surface area (Å²) in [5.41, 5.74) is 3.52. The molecular formula is C16H11N3. The minimum atomic E-state index is -0.0260. The molecule has 3 nitrogen and oxygen atoms in total. The Morgan fingerprint density at radius 3 is 2.63 bits per heavy atom. The van der Waals surface area contributed by atoms with Gasteiger partial charge in [0.15, 0.2) is 0 Å². The maximum absolute atomic E-state index is 8.91. The van der Waals surface area contributed by atoms with E-state index in [9.17, 15) is 0 Å². The van der Waals surface area contributed by atoms with Gasteiger partial charge in [-0.3, -0.25) is 0 Å². The molecule has 1 atom stereocenters. The normalized spacial score (nSPS) is 17.0. The minimum Gasteiger partial charge on any atom is -0.192 e. The van der Waals surface area contributed by atoms with Crippen molar-refractivity contribution in [2.75, 3.05) is 0 Å². The SMILES string of the molecule is N#Cc1cccc(C2=CC(c3ccccc3)N=N2)c1. The van der Waals surface area contributed by atoms with Crippen LogP contribution in [0.4, 0.5) is 0 Å². The lowest BCUT2D eigenvalue weighted by molar-refractivity contribution is 0.881. The first kappa shape index (κ1) is 11.4. The van der Waals surface area contributed by atoms with Crippen molar-refractivity contribution in [3.05, 3.63) is 77.4 Å². The second kappa shape index (κ2) is 4.87. The van der Waals surface area contributed by atoms with E-state index in [-0.39, 0.29) is 6.04 Å². The summed E-state index contributed by atoms with van der Waals surface area (Å²) in [5.74, 6) is 0. The summed E-state index contributed by atoms with van der Waals surface area (Å²) in [6, 6.07) is 19.6. The Kier molecular flexibility index (Phi) is 2.91. The Labute approximate surface area is 111 Å². The van der Waals surface area contributed by atoms with Crippen LogP contribution in [0.15, 0.2) is 70.9 Å². The lowest BCUT2D eigenvalue weighted by Crippen LogP contribution is -1.87. The largest absolute Gasteiger partial charge is 0.192 e. The quantitative estimate of drug-likeness (QED) is 0.785. The monoisotopic (exact) mass is 245 g/mol. The number of nitriles is 1. The third-order valence-electron chi connectivity index (χ3n) is 3.03. The zero-order valence-electron chi connectivity index (χ0n) is 10.2. The summed E-state index contributed by atoms with van der Waals surface area (Å²) in [5, 5.41) is 17.4. The van der Waals surface area contributed by atoms with E-state index in [1.165, 1.54) is 0 Å². The van der Waals surface area contributed by atoms with Crippen LogP contribution in [-0.4, -0.2) is 0 Å².